The summed E-state index contributed by atoms with van der Waals surface area (Å²) in [6.45, 7) is 3.99. The third-order valence-corrected chi connectivity index (χ3v) is 2.71. The molecule has 2 aromatic carbocycles. The first-order valence-corrected chi connectivity index (χ1v) is 5.54. The lowest BCUT2D eigenvalue weighted by Crippen LogP contribution is -1.89. The van der Waals surface area contributed by atoms with E-state index in [1.54, 1.807) is 0 Å². The first-order valence-electron chi connectivity index (χ1n) is 5.54. The third kappa shape index (κ3) is 2.67. The monoisotopic (exact) mass is 241 g/mol. The zero-order chi connectivity index (χ0) is 13.1. The molecule has 0 aromatic heterocycles. The highest BCUT2D eigenvalue weighted by molar-refractivity contribution is 5.41. The molecule has 90 valence electrons. The fraction of sp³-hybridized carbons (Fsp3) is 0.133. The predicted molar refractivity (Wildman–Crippen MR) is 67.1 cm³/mol. The van der Waals surface area contributed by atoms with E-state index in [9.17, 15) is 4.39 Å². The van der Waals surface area contributed by atoms with Gasteiger partial charge in [0.25, 0.3) is 0 Å². The molecule has 0 saturated carbocycles. The molecule has 2 rings (SSSR count). The fourth-order valence-corrected chi connectivity index (χ4v) is 1.60. The van der Waals surface area contributed by atoms with E-state index in [0.717, 1.165) is 5.56 Å². The maximum atomic E-state index is 13.2. The van der Waals surface area contributed by atoms with E-state index in [-0.39, 0.29) is 5.56 Å². The Morgan fingerprint density at radius 1 is 1.00 bits per heavy atom. The van der Waals surface area contributed by atoms with Crippen LogP contribution in [0.1, 0.15) is 16.7 Å². The van der Waals surface area contributed by atoms with Gasteiger partial charge in [0.1, 0.15) is 17.3 Å². The highest BCUT2D eigenvalue weighted by Gasteiger charge is 2.04. The summed E-state index contributed by atoms with van der Waals surface area (Å²) in [5, 5.41) is 8.76. The Balaban J connectivity index is 2.31. The molecule has 2 aromatic rings. The lowest BCUT2D eigenvalue weighted by Gasteiger charge is -2.08. The van der Waals surface area contributed by atoms with Gasteiger partial charge in [-0.05, 0) is 49.2 Å². The molecule has 18 heavy (non-hydrogen) atoms. The number of aryl methyl sites for hydroxylation is 2. The Hall–Kier alpha value is -2.34. The molecule has 0 atom stereocenters. The quantitative estimate of drug-likeness (QED) is 0.792. The molecule has 0 N–H and O–H groups in total. The molecule has 0 fully saturated rings. The van der Waals surface area contributed by atoms with Crippen LogP contribution in [0.15, 0.2) is 36.4 Å². The Labute approximate surface area is 105 Å². The summed E-state index contributed by atoms with van der Waals surface area (Å²) < 4.78 is 18.8. The molecular weight excluding hydrogens is 229 g/mol. The van der Waals surface area contributed by atoms with Gasteiger partial charge in [-0.3, -0.25) is 0 Å². The Morgan fingerprint density at radius 2 is 1.78 bits per heavy atom. The molecule has 3 heteroatoms. The summed E-state index contributed by atoms with van der Waals surface area (Å²) in [7, 11) is 0. The minimum atomic E-state index is -0.479. The van der Waals surface area contributed by atoms with Crippen LogP contribution in [-0.4, -0.2) is 0 Å². The van der Waals surface area contributed by atoms with Gasteiger partial charge in [-0.1, -0.05) is 6.07 Å². The summed E-state index contributed by atoms with van der Waals surface area (Å²) >= 11 is 0. The second kappa shape index (κ2) is 4.89. The number of ether oxygens (including phenoxy) is 1. The van der Waals surface area contributed by atoms with Crippen molar-refractivity contribution in [1.82, 2.24) is 0 Å². The number of hydrogen-bond acceptors (Lipinski definition) is 2. The van der Waals surface area contributed by atoms with Crippen LogP contribution in [0.2, 0.25) is 0 Å². The van der Waals surface area contributed by atoms with E-state index in [0.29, 0.717) is 11.5 Å². The fourth-order valence-electron chi connectivity index (χ4n) is 1.60. The molecular formula is C15H12FNO. The number of benzene rings is 2. The number of nitrogens with zero attached hydrogens (tertiary/aromatic N) is 1. The molecule has 0 amide bonds. The van der Waals surface area contributed by atoms with Crippen LogP contribution in [0.4, 0.5) is 4.39 Å². The zero-order valence-electron chi connectivity index (χ0n) is 10.2. The van der Waals surface area contributed by atoms with Gasteiger partial charge in [0.2, 0.25) is 0 Å². The standard InChI is InChI=1S/C15H12FNO/c1-10-3-4-14(5-11(10)2)18-15-7-12(9-17)6-13(16)8-15/h3-8H,1-2H3. The number of halogens is 1. The normalized spacial score (nSPS) is 9.89. The van der Waals surface area contributed by atoms with Crippen LogP contribution >= 0.6 is 0 Å². The maximum Gasteiger partial charge on any atom is 0.131 e. The molecule has 0 heterocycles. The molecule has 0 radical (unpaired) electrons. The van der Waals surface area contributed by atoms with Crippen LogP contribution in [0.25, 0.3) is 0 Å². The lowest BCUT2D eigenvalue weighted by molar-refractivity contribution is 0.476. The minimum absolute atomic E-state index is 0.244. The Kier molecular flexibility index (Phi) is 3.29. The molecule has 0 unspecified atom stereocenters. The van der Waals surface area contributed by atoms with Gasteiger partial charge in [-0.25, -0.2) is 4.39 Å². The number of nitriles is 1. The number of rotatable bonds is 2. The first-order chi connectivity index (χ1) is 8.58. The van der Waals surface area contributed by atoms with Gasteiger partial charge in [0.15, 0.2) is 0 Å². The van der Waals surface area contributed by atoms with Gasteiger partial charge in [0, 0.05) is 6.07 Å². The maximum absolute atomic E-state index is 13.2. The molecule has 0 aliphatic carbocycles. The molecule has 0 spiro atoms. The van der Waals surface area contributed by atoms with Crippen LogP contribution in [0, 0.1) is 31.0 Å². The summed E-state index contributed by atoms with van der Waals surface area (Å²) in [5.41, 5.74) is 2.51. The second-order valence-corrected chi connectivity index (χ2v) is 4.14. The largest absolute Gasteiger partial charge is 0.457 e. The van der Waals surface area contributed by atoms with Gasteiger partial charge in [-0.2, -0.15) is 5.26 Å². The molecule has 0 aliphatic heterocycles. The summed E-state index contributed by atoms with van der Waals surface area (Å²) in [6.07, 6.45) is 0. The molecule has 2 nitrogen and oxygen atoms in total. The van der Waals surface area contributed by atoms with Crippen LogP contribution in [0.3, 0.4) is 0 Å². The summed E-state index contributed by atoms with van der Waals surface area (Å²) in [5.74, 6) is 0.482. The smallest absolute Gasteiger partial charge is 0.131 e. The SMILES string of the molecule is Cc1ccc(Oc2cc(F)cc(C#N)c2)cc1C. The van der Waals surface area contributed by atoms with Crippen molar-refractivity contribution in [2.24, 2.45) is 0 Å². The van der Waals surface area contributed by atoms with Crippen molar-refractivity contribution in [3.05, 3.63) is 58.9 Å². The van der Waals surface area contributed by atoms with Crippen molar-refractivity contribution < 1.29 is 9.13 Å². The summed E-state index contributed by atoms with van der Waals surface area (Å²) in [4.78, 5) is 0. The van der Waals surface area contributed by atoms with Crippen molar-refractivity contribution in [3.63, 3.8) is 0 Å². The topological polar surface area (TPSA) is 33.0 Å². The first kappa shape index (κ1) is 12.1. The molecule has 0 aliphatic rings. The van der Waals surface area contributed by atoms with Gasteiger partial charge in [0.05, 0.1) is 11.6 Å². The van der Waals surface area contributed by atoms with Crippen molar-refractivity contribution in [1.29, 1.82) is 5.26 Å². The highest BCUT2D eigenvalue weighted by Crippen LogP contribution is 2.25. The van der Waals surface area contributed by atoms with E-state index in [1.807, 2.05) is 38.1 Å². The van der Waals surface area contributed by atoms with E-state index < -0.39 is 5.82 Å². The van der Waals surface area contributed by atoms with Crippen molar-refractivity contribution in [2.75, 3.05) is 0 Å². The second-order valence-electron chi connectivity index (χ2n) is 4.14. The Bertz CT molecular complexity index is 629. The van der Waals surface area contributed by atoms with Gasteiger partial charge < -0.3 is 4.74 Å². The van der Waals surface area contributed by atoms with E-state index in [2.05, 4.69) is 0 Å². The Morgan fingerprint density at radius 3 is 2.44 bits per heavy atom. The summed E-state index contributed by atoms with van der Waals surface area (Å²) in [6, 6.07) is 11.5. The van der Waals surface area contributed by atoms with Crippen LogP contribution in [-0.2, 0) is 0 Å². The van der Waals surface area contributed by atoms with Crippen molar-refractivity contribution >= 4 is 0 Å². The van der Waals surface area contributed by atoms with Gasteiger partial charge >= 0.3 is 0 Å². The van der Waals surface area contributed by atoms with Crippen LogP contribution < -0.4 is 4.74 Å². The van der Waals surface area contributed by atoms with E-state index in [1.165, 1.54) is 23.8 Å². The van der Waals surface area contributed by atoms with Crippen molar-refractivity contribution in [3.8, 4) is 17.6 Å². The lowest BCUT2D eigenvalue weighted by atomic mass is 10.1. The number of hydrogen-bond donors (Lipinski definition) is 0. The highest BCUT2D eigenvalue weighted by atomic mass is 19.1. The average Bonchev–Trinajstić information content (AvgIpc) is 2.33. The zero-order valence-corrected chi connectivity index (χ0v) is 10.2. The van der Waals surface area contributed by atoms with Gasteiger partial charge in [-0.15, -0.1) is 0 Å². The molecule has 0 saturated heterocycles. The van der Waals surface area contributed by atoms with E-state index in [4.69, 9.17) is 10.00 Å². The molecule has 0 bridgehead atoms. The van der Waals surface area contributed by atoms with E-state index >= 15 is 0 Å². The third-order valence-electron chi connectivity index (χ3n) is 2.71. The predicted octanol–water partition coefficient (Wildman–Crippen LogP) is 4.11. The average molecular weight is 241 g/mol. The minimum Gasteiger partial charge on any atom is -0.457 e. The van der Waals surface area contributed by atoms with Crippen molar-refractivity contribution in [2.45, 2.75) is 13.8 Å². The van der Waals surface area contributed by atoms with Crippen LogP contribution in [0.5, 0.6) is 11.5 Å².